The van der Waals surface area contributed by atoms with Crippen molar-refractivity contribution in [1.29, 1.82) is 0 Å². The van der Waals surface area contributed by atoms with Crippen molar-refractivity contribution in [2.75, 3.05) is 26.2 Å². The first-order valence-corrected chi connectivity index (χ1v) is 6.04. The minimum atomic E-state index is 0.777. The second-order valence-corrected chi connectivity index (χ2v) is 4.27. The molecule has 0 bridgehead atoms. The lowest BCUT2D eigenvalue weighted by Crippen LogP contribution is -2.36. The summed E-state index contributed by atoms with van der Waals surface area (Å²) in [5.74, 6) is 0. The molecule has 1 aliphatic rings. The van der Waals surface area contributed by atoms with Crippen LogP contribution in [0.5, 0.6) is 0 Å². The molecule has 0 aliphatic heterocycles. The monoisotopic (exact) mass is 208 g/mol. The van der Waals surface area contributed by atoms with Crippen LogP contribution >= 0.6 is 0 Å². The molecule has 1 N–H and O–H groups in total. The normalized spacial score (nSPS) is 17.1. The third kappa shape index (κ3) is 5.14. The van der Waals surface area contributed by atoms with E-state index in [1.54, 1.807) is 0 Å². The lowest BCUT2D eigenvalue weighted by atomic mass is 10.2. The summed E-state index contributed by atoms with van der Waals surface area (Å²) in [4.78, 5) is 2.35. The van der Waals surface area contributed by atoms with Crippen LogP contribution in [-0.2, 0) is 0 Å². The van der Waals surface area contributed by atoms with E-state index in [9.17, 15) is 0 Å². The van der Waals surface area contributed by atoms with Crippen molar-refractivity contribution in [3.05, 3.63) is 25.3 Å². The van der Waals surface area contributed by atoms with Crippen molar-refractivity contribution < 1.29 is 0 Å². The SMILES string of the molecule is C=CCN(CC=C)CCNC1CCCC1. The van der Waals surface area contributed by atoms with Crippen molar-refractivity contribution in [1.82, 2.24) is 10.2 Å². The van der Waals surface area contributed by atoms with Crippen LogP contribution in [0.15, 0.2) is 25.3 Å². The van der Waals surface area contributed by atoms with E-state index in [4.69, 9.17) is 0 Å². The molecule has 0 heterocycles. The summed E-state index contributed by atoms with van der Waals surface area (Å²) in [5, 5.41) is 3.62. The van der Waals surface area contributed by atoms with E-state index in [0.717, 1.165) is 32.2 Å². The first-order chi connectivity index (χ1) is 7.36. The smallest absolute Gasteiger partial charge is 0.0164 e. The molecule has 2 nitrogen and oxygen atoms in total. The molecule has 1 saturated carbocycles. The van der Waals surface area contributed by atoms with Crippen LogP contribution in [0, 0.1) is 0 Å². The second-order valence-electron chi connectivity index (χ2n) is 4.27. The topological polar surface area (TPSA) is 15.3 Å². The molecule has 1 rings (SSSR count). The molecule has 0 spiro atoms. The van der Waals surface area contributed by atoms with Gasteiger partial charge in [0.25, 0.3) is 0 Å². The van der Waals surface area contributed by atoms with E-state index in [1.165, 1.54) is 25.7 Å². The van der Waals surface area contributed by atoms with Gasteiger partial charge in [-0.1, -0.05) is 25.0 Å². The average Bonchev–Trinajstić information content (AvgIpc) is 2.71. The van der Waals surface area contributed by atoms with E-state index < -0.39 is 0 Å². The van der Waals surface area contributed by atoms with Crippen molar-refractivity contribution >= 4 is 0 Å². The molecule has 2 heteroatoms. The fourth-order valence-electron chi connectivity index (χ4n) is 2.18. The molecular formula is C13H24N2. The Bertz CT molecular complexity index is 173. The fourth-order valence-corrected chi connectivity index (χ4v) is 2.18. The fraction of sp³-hybridized carbons (Fsp3) is 0.692. The molecule has 0 atom stereocenters. The molecule has 15 heavy (non-hydrogen) atoms. The van der Waals surface area contributed by atoms with Crippen LogP contribution in [0.3, 0.4) is 0 Å². The molecule has 0 aromatic rings. The lowest BCUT2D eigenvalue weighted by Gasteiger charge is -2.20. The van der Waals surface area contributed by atoms with Crippen LogP contribution in [0.25, 0.3) is 0 Å². The highest BCUT2D eigenvalue weighted by Gasteiger charge is 2.13. The lowest BCUT2D eigenvalue weighted by molar-refractivity contribution is 0.324. The summed E-state index contributed by atoms with van der Waals surface area (Å²) in [6.07, 6.45) is 9.45. The minimum absolute atomic E-state index is 0.777. The standard InChI is InChI=1S/C13H24N2/c1-3-10-15(11-4-2)12-9-14-13-7-5-6-8-13/h3-4,13-14H,1-2,5-12H2. The molecule has 0 amide bonds. The summed E-state index contributed by atoms with van der Waals surface area (Å²) >= 11 is 0. The van der Waals surface area contributed by atoms with E-state index in [1.807, 2.05) is 12.2 Å². The summed E-state index contributed by atoms with van der Waals surface area (Å²) in [7, 11) is 0. The molecule has 0 radical (unpaired) electrons. The van der Waals surface area contributed by atoms with Crippen LogP contribution in [0.1, 0.15) is 25.7 Å². The average molecular weight is 208 g/mol. The second kappa shape index (κ2) is 7.66. The van der Waals surface area contributed by atoms with Gasteiger partial charge in [0, 0.05) is 32.2 Å². The Labute approximate surface area is 94.0 Å². The number of rotatable bonds is 8. The van der Waals surface area contributed by atoms with Crippen molar-refractivity contribution in [2.45, 2.75) is 31.7 Å². The Morgan fingerprint density at radius 3 is 2.27 bits per heavy atom. The molecule has 86 valence electrons. The molecule has 1 aliphatic carbocycles. The maximum Gasteiger partial charge on any atom is 0.0164 e. The predicted octanol–water partition coefficient (Wildman–Crippen LogP) is 2.19. The van der Waals surface area contributed by atoms with Gasteiger partial charge < -0.3 is 5.32 Å². The number of nitrogens with one attached hydrogen (secondary N) is 1. The Hall–Kier alpha value is -0.600. The Morgan fingerprint density at radius 1 is 1.13 bits per heavy atom. The van der Waals surface area contributed by atoms with Gasteiger partial charge >= 0.3 is 0 Å². The molecular weight excluding hydrogens is 184 g/mol. The molecule has 1 fully saturated rings. The largest absolute Gasteiger partial charge is 0.313 e. The Kier molecular flexibility index (Phi) is 6.37. The first-order valence-electron chi connectivity index (χ1n) is 6.04. The van der Waals surface area contributed by atoms with Gasteiger partial charge in [0.05, 0.1) is 0 Å². The third-order valence-corrected chi connectivity index (χ3v) is 2.99. The quantitative estimate of drug-likeness (QED) is 0.615. The molecule has 0 saturated heterocycles. The maximum absolute atomic E-state index is 3.77. The number of hydrogen-bond acceptors (Lipinski definition) is 2. The third-order valence-electron chi connectivity index (χ3n) is 2.99. The van der Waals surface area contributed by atoms with Crippen LogP contribution in [0.2, 0.25) is 0 Å². The van der Waals surface area contributed by atoms with Crippen molar-refractivity contribution in [3.63, 3.8) is 0 Å². The predicted molar refractivity (Wildman–Crippen MR) is 67.1 cm³/mol. The summed E-state index contributed by atoms with van der Waals surface area (Å²) in [5.41, 5.74) is 0. The van der Waals surface area contributed by atoms with Crippen LogP contribution in [0.4, 0.5) is 0 Å². The van der Waals surface area contributed by atoms with E-state index in [2.05, 4.69) is 23.4 Å². The van der Waals surface area contributed by atoms with Gasteiger partial charge in [-0.2, -0.15) is 0 Å². The summed E-state index contributed by atoms with van der Waals surface area (Å²) in [6, 6.07) is 0.777. The van der Waals surface area contributed by atoms with Gasteiger partial charge in [-0.3, -0.25) is 4.90 Å². The molecule has 0 aromatic heterocycles. The number of nitrogens with zero attached hydrogens (tertiary/aromatic N) is 1. The van der Waals surface area contributed by atoms with E-state index >= 15 is 0 Å². The first kappa shape index (κ1) is 12.5. The van der Waals surface area contributed by atoms with Gasteiger partial charge in [-0.05, 0) is 12.8 Å². The zero-order valence-corrected chi connectivity index (χ0v) is 9.75. The minimum Gasteiger partial charge on any atom is -0.313 e. The van der Waals surface area contributed by atoms with Crippen molar-refractivity contribution in [3.8, 4) is 0 Å². The highest BCUT2D eigenvalue weighted by molar-refractivity contribution is 4.81. The summed E-state index contributed by atoms with van der Waals surface area (Å²) < 4.78 is 0. The van der Waals surface area contributed by atoms with Gasteiger partial charge in [0.2, 0.25) is 0 Å². The van der Waals surface area contributed by atoms with E-state index in [-0.39, 0.29) is 0 Å². The van der Waals surface area contributed by atoms with E-state index in [0.29, 0.717) is 0 Å². The maximum atomic E-state index is 3.77. The Balaban J connectivity index is 2.08. The van der Waals surface area contributed by atoms with Gasteiger partial charge in [0.15, 0.2) is 0 Å². The van der Waals surface area contributed by atoms with Crippen molar-refractivity contribution in [2.24, 2.45) is 0 Å². The zero-order chi connectivity index (χ0) is 10.9. The van der Waals surface area contributed by atoms with Gasteiger partial charge in [-0.25, -0.2) is 0 Å². The molecule has 0 aromatic carbocycles. The zero-order valence-electron chi connectivity index (χ0n) is 9.75. The van der Waals surface area contributed by atoms with Crippen LogP contribution in [-0.4, -0.2) is 37.1 Å². The van der Waals surface area contributed by atoms with Gasteiger partial charge in [0.1, 0.15) is 0 Å². The highest BCUT2D eigenvalue weighted by Crippen LogP contribution is 2.17. The Morgan fingerprint density at radius 2 is 1.73 bits per heavy atom. The summed E-state index contributed by atoms with van der Waals surface area (Å²) in [6.45, 7) is 11.6. The van der Waals surface area contributed by atoms with Gasteiger partial charge in [-0.15, -0.1) is 13.2 Å². The number of hydrogen-bond donors (Lipinski definition) is 1. The highest BCUT2D eigenvalue weighted by atomic mass is 15.1. The van der Waals surface area contributed by atoms with Crippen LogP contribution < -0.4 is 5.32 Å². The molecule has 0 unspecified atom stereocenters.